The molecule has 1 aromatic carbocycles. The quantitative estimate of drug-likeness (QED) is 0.843. The van der Waals surface area contributed by atoms with Gasteiger partial charge in [-0.1, -0.05) is 23.2 Å². The number of nitrogens with zero attached hydrogens (tertiary/aromatic N) is 1. The first-order valence-corrected chi connectivity index (χ1v) is 7.67. The minimum atomic E-state index is -3.54. The molecule has 100 valence electrons. The van der Waals surface area contributed by atoms with Gasteiger partial charge in [-0.05, 0) is 25.1 Å². The monoisotopic (exact) mass is 309 g/mol. The fourth-order valence-electron chi connectivity index (χ4n) is 1.84. The van der Waals surface area contributed by atoms with E-state index >= 15 is 0 Å². The summed E-state index contributed by atoms with van der Waals surface area (Å²) < 4.78 is 31.5. The second-order valence-electron chi connectivity index (χ2n) is 4.12. The Bertz CT molecular complexity index is 547. The molecule has 0 N–H and O–H groups in total. The van der Waals surface area contributed by atoms with Crippen LogP contribution in [-0.2, 0) is 14.8 Å². The zero-order valence-corrected chi connectivity index (χ0v) is 12.1. The molecule has 0 amide bonds. The minimum absolute atomic E-state index is 0.158. The molecule has 0 radical (unpaired) electrons. The van der Waals surface area contributed by atoms with Gasteiger partial charge >= 0.3 is 0 Å². The summed E-state index contributed by atoms with van der Waals surface area (Å²) in [6, 6.07) is 4.15. The average Bonchev–Trinajstić information content (AvgIpc) is 2.33. The van der Waals surface area contributed by atoms with Gasteiger partial charge in [-0.2, -0.15) is 4.31 Å². The Morgan fingerprint density at radius 2 is 2.06 bits per heavy atom. The van der Waals surface area contributed by atoms with Crippen LogP contribution >= 0.6 is 23.2 Å². The van der Waals surface area contributed by atoms with E-state index in [1.807, 2.05) is 6.92 Å². The maximum Gasteiger partial charge on any atom is 0.243 e. The molecule has 1 aliphatic heterocycles. The Kier molecular flexibility index (Phi) is 4.18. The first-order chi connectivity index (χ1) is 8.43. The molecular formula is C11H13Cl2NO3S. The van der Waals surface area contributed by atoms with Gasteiger partial charge in [0.15, 0.2) is 0 Å². The lowest BCUT2D eigenvalue weighted by molar-refractivity contribution is 0.0393. The lowest BCUT2D eigenvalue weighted by Crippen LogP contribution is -2.46. The maximum atomic E-state index is 12.4. The number of benzene rings is 1. The Morgan fingerprint density at radius 3 is 2.67 bits per heavy atom. The topological polar surface area (TPSA) is 46.6 Å². The van der Waals surface area contributed by atoms with Crippen molar-refractivity contribution in [3.63, 3.8) is 0 Å². The lowest BCUT2D eigenvalue weighted by atomic mass is 10.3. The molecule has 1 aromatic rings. The number of halogens is 2. The summed E-state index contributed by atoms with van der Waals surface area (Å²) in [6.07, 6.45) is 0. The van der Waals surface area contributed by atoms with E-state index in [-0.39, 0.29) is 16.0 Å². The van der Waals surface area contributed by atoms with Gasteiger partial charge in [0.25, 0.3) is 0 Å². The third kappa shape index (κ3) is 2.65. The molecule has 0 bridgehead atoms. The molecule has 1 fully saturated rings. The van der Waals surface area contributed by atoms with Crippen molar-refractivity contribution in [2.75, 3.05) is 19.8 Å². The van der Waals surface area contributed by atoms with Crippen molar-refractivity contribution in [1.82, 2.24) is 4.31 Å². The van der Waals surface area contributed by atoms with Gasteiger partial charge in [-0.3, -0.25) is 0 Å². The fraction of sp³-hybridized carbons (Fsp3) is 0.455. The largest absolute Gasteiger partial charge is 0.378 e. The number of sulfonamides is 1. The first-order valence-electron chi connectivity index (χ1n) is 5.47. The van der Waals surface area contributed by atoms with Gasteiger partial charge in [-0.15, -0.1) is 0 Å². The summed E-state index contributed by atoms with van der Waals surface area (Å²) in [4.78, 5) is 0.158. The molecule has 18 heavy (non-hydrogen) atoms. The van der Waals surface area contributed by atoms with Crippen molar-refractivity contribution in [2.45, 2.75) is 17.9 Å². The summed E-state index contributed by atoms with van der Waals surface area (Å²) >= 11 is 11.6. The molecule has 1 saturated heterocycles. The van der Waals surface area contributed by atoms with Gasteiger partial charge in [0, 0.05) is 12.6 Å². The first kappa shape index (κ1) is 14.1. The van der Waals surface area contributed by atoms with Gasteiger partial charge in [-0.25, -0.2) is 8.42 Å². The summed E-state index contributed by atoms with van der Waals surface area (Å²) in [5, 5.41) is 0.573. The second-order valence-corrected chi connectivity index (χ2v) is 6.82. The molecule has 1 atom stereocenters. The van der Waals surface area contributed by atoms with E-state index in [1.54, 1.807) is 0 Å². The molecule has 1 unspecified atom stereocenters. The maximum absolute atomic E-state index is 12.4. The van der Waals surface area contributed by atoms with E-state index in [4.69, 9.17) is 27.9 Å². The third-order valence-corrected chi connectivity index (χ3v) is 5.55. The van der Waals surface area contributed by atoms with Crippen LogP contribution in [-0.4, -0.2) is 38.5 Å². The fourth-order valence-corrected chi connectivity index (χ4v) is 3.83. The van der Waals surface area contributed by atoms with Crippen LogP contribution < -0.4 is 0 Å². The molecule has 0 spiro atoms. The Morgan fingerprint density at radius 1 is 1.33 bits per heavy atom. The molecule has 1 heterocycles. The highest BCUT2D eigenvalue weighted by molar-refractivity contribution is 7.89. The molecule has 7 heteroatoms. The van der Waals surface area contributed by atoms with Crippen LogP contribution in [0.4, 0.5) is 0 Å². The van der Waals surface area contributed by atoms with Gasteiger partial charge in [0.2, 0.25) is 10.0 Å². The Hall–Kier alpha value is -0.330. The summed E-state index contributed by atoms with van der Waals surface area (Å²) in [5.41, 5.74) is 0. The number of ether oxygens (including phenoxy) is 1. The van der Waals surface area contributed by atoms with Crippen molar-refractivity contribution in [2.24, 2.45) is 0 Å². The number of hydrogen-bond donors (Lipinski definition) is 0. The predicted molar refractivity (Wildman–Crippen MR) is 70.6 cm³/mol. The van der Waals surface area contributed by atoms with Crippen molar-refractivity contribution in [3.05, 3.63) is 28.2 Å². The Balaban J connectivity index is 2.37. The van der Waals surface area contributed by atoms with E-state index < -0.39 is 10.0 Å². The molecule has 1 aliphatic rings. The number of hydrogen-bond acceptors (Lipinski definition) is 3. The van der Waals surface area contributed by atoms with Crippen LogP contribution in [0.25, 0.3) is 0 Å². The van der Waals surface area contributed by atoms with Crippen molar-refractivity contribution in [1.29, 1.82) is 0 Å². The third-order valence-electron chi connectivity index (χ3n) is 2.80. The van der Waals surface area contributed by atoms with Gasteiger partial charge in [0.05, 0.1) is 28.2 Å². The van der Waals surface area contributed by atoms with Crippen molar-refractivity contribution in [3.8, 4) is 0 Å². The van der Waals surface area contributed by atoms with E-state index in [0.29, 0.717) is 24.8 Å². The van der Waals surface area contributed by atoms with Gasteiger partial charge < -0.3 is 4.74 Å². The molecule has 2 rings (SSSR count). The zero-order chi connectivity index (χ0) is 13.3. The molecule has 0 aromatic heterocycles. The highest BCUT2D eigenvalue weighted by atomic mass is 35.5. The normalized spacial score (nSPS) is 22.1. The molecule has 0 saturated carbocycles. The standard InChI is InChI=1S/C11H13Cl2NO3S/c1-8-7-17-5-4-14(8)18(15,16)9-2-3-10(12)11(13)6-9/h2-3,6,8H,4-5,7H2,1H3. The molecule has 4 nitrogen and oxygen atoms in total. The van der Waals surface area contributed by atoms with E-state index in [0.717, 1.165) is 0 Å². The van der Waals surface area contributed by atoms with Crippen molar-refractivity contribution < 1.29 is 13.2 Å². The lowest BCUT2D eigenvalue weighted by Gasteiger charge is -2.32. The highest BCUT2D eigenvalue weighted by Crippen LogP contribution is 2.27. The number of rotatable bonds is 2. The van der Waals surface area contributed by atoms with E-state index in [1.165, 1.54) is 22.5 Å². The van der Waals surface area contributed by atoms with E-state index in [9.17, 15) is 8.42 Å². The number of morpholine rings is 1. The molecule has 0 aliphatic carbocycles. The van der Waals surface area contributed by atoms with Crippen LogP contribution in [0.2, 0.25) is 10.0 Å². The van der Waals surface area contributed by atoms with Crippen LogP contribution in [0, 0.1) is 0 Å². The predicted octanol–water partition coefficient (Wildman–Crippen LogP) is 2.40. The van der Waals surface area contributed by atoms with Crippen LogP contribution in [0.1, 0.15) is 6.92 Å². The summed E-state index contributed by atoms with van der Waals surface area (Å²) in [5.74, 6) is 0. The van der Waals surface area contributed by atoms with Crippen LogP contribution in [0.15, 0.2) is 23.1 Å². The second kappa shape index (κ2) is 5.35. The highest BCUT2D eigenvalue weighted by Gasteiger charge is 2.31. The van der Waals surface area contributed by atoms with Gasteiger partial charge in [0.1, 0.15) is 0 Å². The summed E-state index contributed by atoms with van der Waals surface area (Å²) in [7, 11) is -3.54. The van der Waals surface area contributed by atoms with E-state index in [2.05, 4.69) is 0 Å². The summed E-state index contributed by atoms with van der Waals surface area (Å²) in [6.45, 7) is 2.98. The Labute approximate surface area is 116 Å². The molecular weight excluding hydrogens is 297 g/mol. The SMILES string of the molecule is CC1COCCN1S(=O)(=O)c1ccc(Cl)c(Cl)c1. The zero-order valence-electron chi connectivity index (χ0n) is 9.77. The van der Waals surface area contributed by atoms with Crippen molar-refractivity contribution >= 4 is 33.2 Å². The van der Waals surface area contributed by atoms with Crippen LogP contribution in [0.5, 0.6) is 0 Å². The smallest absolute Gasteiger partial charge is 0.243 e. The minimum Gasteiger partial charge on any atom is -0.378 e. The average molecular weight is 310 g/mol. The van der Waals surface area contributed by atoms with Crippen LogP contribution in [0.3, 0.4) is 0 Å².